The highest BCUT2D eigenvalue weighted by Crippen LogP contribution is 2.24. The fraction of sp³-hybridized carbons (Fsp3) is 0.667. The van der Waals surface area contributed by atoms with E-state index in [0.29, 0.717) is 19.5 Å². The van der Waals surface area contributed by atoms with Crippen LogP contribution >= 0.6 is 0 Å². The average Bonchev–Trinajstić information content (AvgIpc) is 2.88. The number of likely N-dealkylation sites (tertiary alicyclic amines) is 1. The van der Waals surface area contributed by atoms with Crippen LogP contribution < -0.4 is 0 Å². The normalized spacial score (nSPS) is 28.6. The van der Waals surface area contributed by atoms with Gasteiger partial charge in [-0.05, 0) is 44.7 Å². The van der Waals surface area contributed by atoms with Crippen LogP contribution in [0.25, 0.3) is 0 Å². The third-order valence-electron chi connectivity index (χ3n) is 4.91. The van der Waals surface area contributed by atoms with Crippen LogP contribution in [0.15, 0.2) is 30.6 Å². The number of likely N-dealkylation sites (N-methyl/N-ethyl adjacent to an activating group) is 1. The Morgan fingerprint density at radius 3 is 2.83 bits per heavy atom. The summed E-state index contributed by atoms with van der Waals surface area (Å²) in [6.45, 7) is 3.18. The molecule has 1 aromatic heterocycles. The first-order valence-electron chi connectivity index (χ1n) is 8.68. The van der Waals surface area contributed by atoms with Crippen LogP contribution in [-0.2, 0) is 6.54 Å². The Morgan fingerprint density at radius 1 is 1.26 bits per heavy atom. The summed E-state index contributed by atoms with van der Waals surface area (Å²) in [7, 11) is 2.17. The van der Waals surface area contributed by atoms with Gasteiger partial charge in [0.2, 0.25) is 0 Å². The Bertz CT molecular complexity index is 507. The van der Waals surface area contributed by atoms with Crippen molar-refractivity contribution in [3.8, 4) is 0 Å². The molecule has 126 valence electrons. The second kappa shape index (κ2) is 7.97. The standard InChI is InChI=1S/C18H27FN4/c1-22(11-15-6-3-2-4-7-15)13-17-10-16(19)12-23(17)14-18-20-8-5-9-21-18/h2-3,5,8-9,15-17H,4,6-7,10-14H2,1H3/t15?,16-,17-/m0/s1. The van der Waals surface area contributed by atoms with Crippen molar-refractivity contribution in [3.63, 3.8) is 0 Å². The summed E-state index contributed by atoms with van der Waals surface area (Å²) in [6, 6.07) is 2.08. The van der Waals surface area contributed by atoms with E-state index in [-0.39, 0.29) is 6.04 Å². The van der Waals surface area contributed by atoms with E-state index in [0.717, 1.165) is 24.8 Å². The molecule has 23 heavy (non-hydrogen) atoms. The maximum atomic E-state index is 13.9. The molecule has 1 aliphatic carbocycles. The number of rotatable bonds is 6. The summed E-state index contributed by atoms with van der Waals surface area (Å²) in [4.78, 5) is 13.1. The highest BCUT2D eigenvalue weighted by atomic mass is 19.1. The van der Waals surface area contributed by atoms with Gasteiger partial charge in [-0.25, -0.2) is 14.4 Å². The Morgan fingerprint density at radius 2 is 2.09 bits per heavy atom. The lowest BCUT2D eigenvalue weighted by atomic mass is 9.94. The molecule has 1 aromatic rings. The minimum atomic E-state index is -0.727. The van der Waals surface area contributed by atoms with Gasteiger partial charge in [-0.15, -0.1) is 0 Å². The van der Waals surface area contributed by atoms with Gasteiger partial charge < -0.3 is 4.90 Å². The molecule has 0 bridgehead atoms. The van der Waals surface area contributed by atoms with Gasteiger partial charge in [-0.1, -0.05) is 12.2 Å². The van der Waals surface area contributed by atoms with Crippen molar-refractivity contribution in [2.45, 2.75) is 44.4 Å². The second-order valence-electron chi connectivity index (χ2n) is 6.95. The molecule has 0 saturated carbocycles. The molecule has 0 aromatic carbocycles. The van der Waals surface area contributed by atoms with E-state index in [4.69, 9.17) is 0 Å². The van der Waals surface area contributed by atoms with E-state index in [1.54, 1.807) is 12.4 Å². The van der Waals surface area contributed by atoms with E-state index in [1.165, 1.54) is 19.3 Å². The predicted molar refractivity (Wildman–Crippen MR) is 89.7 cm³/mol. The van der Waals surface area contributed by atoms with Gasteiger partial charge >= 0.3 is 0 Å². The maximum Gasteiger partial charge on any atom is 0.142 e. The fourth-order valence-corrected chi connectivity index (χ4v) is 3.80. The van der Waals surface area contributed by atoms with Gasteiger partial charge in [0.15, 0.2) is 0 Å². The van der Waals surface area contributed by atoms with Crippen LogP contribution in [-0.4, -0.2) is 58.7 Å². The Kier molecular flexibility index (Phi) is 5.73. The molecule has 3 atom stereocenters. The summed E-state index contributed by atoms with van der Waals surface area (Å²) >= 11 is 0. The molecule has 0 spiro atoms. The summed E-state index contributed by atoms with van der Waals surface area (Å²) in [5.41, 5.74) is 0. The van der Waals surface area contributed by atoms with Crippen LogP contribution in [0.1, 0.15) is 31.5 Å². The number of hydrogen-bond acceptors (Lipinski definition) is 4. The highest BCUT2D eigenvalue weighted by molar-refractivity contribution is 4.95. The van der Waals surface area contributed by atoms with Crippen LogP contribution in [0.3, 0.4) is 0 Å². The van der Waals surface area contributed by atoms with Crippen molar-refractivity contribution in [1.29, 1.82) is 0 Å². The van der Waals surface area contributed by atoms with Gasteiger partial charge in [0, 0.05) is 38.1 Å². The number of halogens is 1. The number of alkyl halides is 1. The topological polar surface area (TPSA) is 32.3 Å². The molecule has 1 unspecified atom stereocenters. The van der Waals surface area contributed by atoms with Gasteiger partial charge in [0.05, 0.1) is 6.54 Å². The molecular weight excluding hydrogens is 291 g/mol. The fourth-order valence-electron chi connectivity index (χ4n) is 3.80. The summed E-state index contributed by atoms with van der Waals surface area (Å²) < 4.78 is 13.9. The smallest absolute Gasteiger partial charge is 0.142 e. The lowest BCUT2D eigenvalue weighted by Crippen LogP contribution is -2.40. The summed E-state index contributed by atoms with van der Waals surface area (Å²) in [6.07, 6.45) is 11.6. The molecule has 4 nitrogen and oxygen atoms in total. The predicted octanol–water partition coefficient (Wildman–Crippen LogP) is 2.68. The number of hydrogen-bond donors (Lipinski definition) is 0. The van der Waals surface area contributed by atoms with Crippen molar-refractivity contribution in [3.05, 3.63) is 36.4 Å². The third-order valence-corrected chi connectivity index (χ3v) is 4.91. The van der Waals surface area contributed by atoms with Crippen molar-refractivity contribution in [1.82, 2.24) is 19.8 Å². The molecule has 1 aliphatic heterocycles. The molecule has 2 heterocycles. The van der Waals surface area contributed by atoms with E-state index in [1.807, 2.05) is 6.07 Å². The summed E-state index contributed by atoms with van der Waals surface area (Å²) in [5, 5.41) is 0. The number of nitrogens with zero attached hydrogens (tertiary/aromatic N) is 4. The van der Waals surface area contributed by atoms with Gasteiger partial charge in [-0.2, -0.15) is 0 Å². The van der Waals surface area contributed by atoms with Crippen molar-refractivity contribution in [2.75, 3.05) is 26.7 Å². The first-order chi connectivity index (χ1) is 11.2. The monoisotopic (exact) mass is 318 g/mol. The Hall–Kier alpha value is -1.33. The van der Waals surface area contributed by atoms with Crippen LogP contribution in [0.4, 0.5) is 4.39 Å². The molecule has 3 rings (SSSR count). The van der Waals surface area contributed by atoms with Crippen LogP contribution in [0, 0.1) is 5.92 Å². The molecule has 0 radical (unpaired) electrons. The number of allylic oxidation sites excluding steroid dienone is 2. The third kappa shape index (κ3) is 4.82. The maximum absolute atomic E-state index is 13.9. The van der Waals surface area contributed by atoms with Gasteiger partial charge in [0.25, 0.3) is 0 Å². The quantitative estimate of drug-likeness (QED) is 0.755. The van der Waals surface area contributed by atoms with E-state index in [9.17, 15) is 4.39 Å². The first-order valence-corrected chi connectivity index (χ1v) is 8.68. The van der Waals surface area contributed by atoms with Crippen molar-refractivity contribution >= 4 is 0 Å². The SMILES string of the molecule is CN(CC1CC=CCC1)C[C@@H]1C[C@H](F)CN1Cc1ncccn1. The van der Waals surface area contributed by atoms with Crippen molar-refractivity contribution < 1.29 is 4.39 Å². The zero-order valence-corrected chi connectivity index (χ0v) is 13.9. The molecule has 1 saturated heterocycles. The van der Waals surface area contributed by atoms with E-state index < -0.39 is 6.17 Å². The minimum Gasteiger partial charge on any atom is -0.305 e. The molecule has 0 amide bonds. The van der Waals surface area contributed by atoms with Crippen LogP contribution in [0.2, 0.25) is 0 Å². The number of aromatic nitrogens is 2. The zero-order chi connectivity index (χ0) is 16.1. The average molecular weight is 318 g/mol. The Balaban J connectivity index is 1.53. The lowest BCUT2D eigenvalue weighted by Gasteiger charge is -2.30. The van der Waals surface area contributed by atoms with Gasteiger partial charge in [-0.3, -0.25) is 4.90 Å². The molecule has 0 N–H and O–H groups in total. The molecule has 2 aliphatic rings. The highest BCUT2D eigenvalue weighted by Gasteiger charge is 2.33. The summed E-state index contributed by atoms with van der Waals surface area (Å²) in [5.74, 6) is 1.53. The first kappa shape index (κ1) is 16.5. The largest absolute Gasteiger partial charge is 0.305 e. The van der Waals surface area contributed by atoms with Crippen molar-refractivity contribution in [2.24, 2.45) is 5.92 Å². The lowest BCUT2D eigenvalue weighted by molar-refractivity contribution is 0.166. The van der Waals surface area contributed by atoms with Crippen LogP contribution in [0.5, 0.6) is 0 Å². The molecule has 1 fully saturated rings. The molecule has 5 heteroatoms. The van der Waals surface area contributed by atoms with E-state index >= 15 is 0 Å². The molecular formula is C18H27FN4. The minimum absolute atomic E-state index is 0.262. The zero-order valence-electron chi connectivity index (χ0n) is 13.9. The second-order valence-corrected chi connectivity index (χ2v) is 6.95. The van der Waals surface area contributed by atoms with E-state index in [2.05, 4.69) is 39.0 Å². The van der Waals surface area contributed by atoms with Gasteiger partial charge in [0.1, 0.15) is 12.0 Å². The Labute approximate surface area is 138 Å².